The number of carbonyl (C=O) groups excluding carboxylic acids is 3. The first-order chi connectivity index (χ1) is 34.0. The molecule has 0 heterocycles. The Balaban J connectivity index is 4.56. The standard InChI is InChI=1S/C63H102O6/c1-4-7-10-13-16-19-22-25-28-30-31-33-36-38-41-44-47-50-53-56-62(65)68-59-60(69-63(66)57-54-51-48-45-42-39-34-27-24-21-18-15-12-9-6-3)58-67-61(64)55-52-49-46-43-40-37-35-32-29-26-23-20-17-14-11-8-5-2/h7,10,16-17,19-20,25-29,31,33-35,37-38,41,43,46,60H,4-6,8-9,11-15,18,21-24,30,32,36,39-40,42,44-45,47-59H2,1-3H3/b10-7-,19-16-,20-17-,28-25-,29-26-,33-31-,34-27-,37-35-,41-38-,46-43-/t60-/m0/s1. The number of allylic oxidation sites excluding steroid dienone is 20. The third-order valence-electron chi connectivity index (χ3n) is 11.4. The summed E-state index contributed by atoms with van der Waals surface area (Å²) >= 11 is 0. The molecule has 0 bridgehead atoms. The van der Waals surface area contributed by atoms with E-state index in [9.17, 15) is 14.4 Å². The Morgan fingerprint density at radius 1 is 0.304 bits per heavy atom. The van der Waals surface area contributed by atoms with Gasteiger partial charge >= 0.3 is 17.9 Å². The van der Waals surface area contributed by atoms with Crippen LogP contribution in [0, 0.1) is 0 Å². The smallest absolute Gasteiger partial charge is 0.306 e. The molecule has 0 aromatic carbocycles. The van der Waals surface area contributed by atoms with Crippen molar-refractivity contribution in [2.75, 3.05) is 13.2 Å². The molecule has 1 atom stereocenters. The summed E-state index contributed by atoms with van der Waals surface area (Å²) in [5.74, 6) is -1.02. The quantitative estimate of drug-likeness (QED) is 0.0262. The fourth-order valence-electron chi connectivity index (χ4n) is 7.22. The number of rotatable bonds is 49. The molecule has 0 unspecified atom stereocenters. The first-order valence-electron chi connectivity index (χ1n) is 28.0. The van der Waals surface area contributed by atoms with Crippen molar-refractivity contribution < 1.29 is 28.6 Å². The highest BCUT2D eigenvalue weighted by molar-refractivity contribution is 5.71. The lowest BCUT2D eigenvalue weighted by molar-refractivity contribution is -0.167. The van der Waals surface area contributed by atoms with Crippen molar-refractivity contribution in [3.8, 4) is 0 Å². The normalized spacial score (nSPS) is 13.0. The van der Waals surface area contributed by atoms with Crippen molar-refractivity contribution in [1.82, 2.24) is 0 Å². The molecule has 0 amide bonds. The van der Waals surface area contributed by atoms with Crippen LogP contribution in [-0.4, -0.2) is 37.2 Å². The van der Waals surface area contributed by atoms with Crippen molar-refractivity contribution in [3.05, 3.63) is 122 Å². The number of esters is 3. The Hall–Kier alpha value is -4.19. The maximum absolute atomic E-state index is 12.8. The fourth-order valence-corrected chi connectivity index (χ4v) is 7.22. The zero-order chi connectivity index (χ0) is 50.0. The Kier molecular flexibility index (Phi) is 53.0. The molecule has 0 radical (unpaired) electrons. The first-order valence-corrected chi connectivity index (χ1v) is 28.0. The molecule has 0 saturated heterocycles. The Bertz CT molecular complexity index is 1470. The lowest BCUT2D eigenvalue weighted by Crippen LogP contribution is -2.30. The predicted molar refractivity (Wildman–Crippen MR) is 297 cm³/mol. The summed E-state index contributed by atoms with van der Waals surface area (Å²) in [7, 11) is 0. The number of hydrogen-bond donors (Lipinski definition) is 0. The van der Waals surface area contributed by atoms with Crippen LogP contribution in [-0.2, 0) is 28.6 Å². The average Bonchev–Trinajstić information content (AvgIpc) is 3.35. The Morgan fingerprint density at radius 2 is 0.580 bits per heavy atom. The molecule has 0 N–H and O–H groups in total. The maximum atomic E-state index is 12.8. The summed E-state index contributed by atoms with van der Waals surface area (Å²) in [4.78, 5) is 38.1. The van der Waals surface area contributed by atoms with Crippen LogP contribution < -0.4 is 0 Å². The van der Waals surface area contributed by atoms with Gasteiger partial charge in [-0.25, -0.2) is 0 Å². The molecule has 390 valence electrons. The van der Waals surface area contributed by atoms with E-state index >= 15 is 0 Å². The summed E-state index contributed by atoms with van der Waals surface area (Å²) in [6.07, 6.45) is 77.6. The van der Waals surface area contributed by atoms with Gasteiger partial charge in [0, 0.05) is 19.3 Å². The monoisotopic (exact) mass is 955 g/mol. The molecule has 0 spiro atoms. The highest BCUT2D eigenvalue weighted by Crippen LogP contribution is 2.13. The summed E-state index contributed by atoms with van der Waals surface area (Å²) < 4.78 is 16.8. The lowest BCUT2D eigenvalue weighted by Gasteiger charge is -2.18. The molecule has 0 fully saturated rings. The predicted octanol–water partition coefficient (Wildman–Crippen LogP) is 18.9. The van der Waals surface area contributed by atoms with Gasteiger partial charge in [0.15, 0.2) is 6.10 Å². The largest absolute Gasteiger partial charge is 0.462 e. The van der Waals surface area contributed by atoms with E-state index in [0.29, 0.717) is 19.3 Å². The number of ether oxygens (including phenoxy) is 3. The summed E-state index contributed by atoms with van der Waals surface area (Å²) in [6, 6.07) is 0. The maximum Gasteiger partial charge on any atom is 0.306 e. The highest BCUT2D eigenvalue weighted by atomic mass is 16.6. The summed E-state index contributed by atoms with van der Waals surface area (Å²) in [5.41, 5.74) is 0. The van der Waals surface area contributed by atoms with E-state index in [1.807, 2.05) is 0 Å². The average molecular weight is 956 g/mol. The van der Waals surface area contributed by atoms with Crippen LogP contribution in [0.15, 0.2) is 122 Å². The van der Waals surface area contributed by atoms with Gasteiger partial charge in [-0.15, -0.1) is 0 Å². The van der Waals surface area contributed by atoms with Crippen molar-refractivity contribution >= 4 is 17.9 Å². The number of hydrogen-bond acceptors (Lipinski definition) is 6. The van der Waals surface area contributed by atoms with Gasteiger partial charge in [0.2, 0.25) is 0 Å². The van der Waals surface area contributed by atoms with Crippen LogP contribution in [0.1, 0.15) is 239 Å². The van der Waals surface area contributed by atoms with Gasteiger partial charge in [-0.2, -0.15) is 0 Å². The van der Waals surface area contributed by atoms with Gasteiger partial charge in [0.25, 0.3) is 0 Å². The second kappa shape index (κ2) is 56.4. The van der Waals surface area contributed by atoms with Crippen LogP contribution in [0.4, 0.5) is 0 Å². The summed E-state index contributed by atoms with van der Waals surface area (Å²) in [6.45, 7) is 6.40. The van der Waals surface area contributed by atoms with Crippen LogP contribution in [0.25, 0.3) is 0 Å². The van der Waals surface area contributed by atoms with Gasteiger partial charge in [-0.3, -0.25) is 14.4 Å². The van der Waals surface area contributed by atoms with Crippen molar-refractivity contribution in [2.45, 2.75) is 245 Å². The first kappa shape index (κ1) is 64.8. The number of carbonyl (C=O) groups is 3. The summed E-state index contributed by atoms with van der Waals surface area (Å²) in [5, 5.41) is 0. The van der Waals surface area contributed by atoms with Crippen molar-refractivity contribution in [1.29, 1.82) is 0 Å². The van der Waals surface area contributed by atoms with Gasteiger partial charge in [-0.1, -0.05) is 213 Å². The molecule has 6 heteroatoms. The molecular formula is C63H102O6. The minimum Gasteiger partial charge on any atom is -0.462 e. The molecule has 6 nitrogen and oxygen atoms in total. The van der Waals surface area contributed by atoms with Crippen molar-refractivity contribution in [3.63, 3.8) is 0 Å². The Labute approximate surface area is 424 Å². The minimum atomic E-state index is -0.822. The minimum absolute atomic E-state index is 0.119. The molecule has 0 rings (SSSR count). The highest BCUT2D eigenvalue weighted by Gasteiger charge is 2.19. The third-order valence-corrected chi connectivity index (χ3v) is 11.4. The van der Waals surface area contributed by atoms with E-state index < -0.39 is 6.10 Å². The van der Waals surface area contributed by atoms with E-state index in [1.54, 1.807) is 0 Å². The Morgan fingerprint density at radius 3 is 1.00 bits per heavy atom. The van der Waals surface area contributed by atoms with E-state index in [2.05, 4.69) is 142 Å². The van der Waals surface area contributed by atoms with E-state index in [4.69, 9.17) is 14.2 Å². The van der Waals surface area contributed by atoms with E-state index in [1.165, 1.54) is 77.0 Å². The van der Waals surface area contributed by atoms with Gasteiger partial charge < -0.3 is 14.2 Å². The second-order valence-electron chi connectivity index (χ2n) is 18.1. The van der Waals surface area contributed by atoms with Gasteiger partial charge in [-0.05, 0) is 128 Å². The zero-order valence-electron chi connectivity index (χ0n) is 44.5. The third kappa shape index (κ3) is 54.6. The lowest BCUT2D eigenvalue weighted by atomic mass is 10.1. The fraction of sp³-hybridized carbons (Fsp3) is 0.635. The molecule has 0 saturated carbocycles. The molecule has 0 aromatic heterocycles. The van der Waals surface area contributed by atoms with E-state index in [0.717, 1.165) is 116 Å². The topological polar surface area (TPSA) is 78.9 Å². The van der Waals surface area contributed by atoms with Crippen LogP contribution in [0.5, 0.6) is 0 Å². The molecule has 69 heavy (non-hydrogen) atoms. The number of unbranched alkanes of at least 4 members (excludes halogenated alkanes) is 18. The van der Waals surface area contributed by atoms with Gasteiger partial charge in [0.1, 0.15) is 13.2 Å². The molecule has 0 aliphatic rings. The van der Waals surface area contributed by atoms with Crippen LogP contribution in [0.2, 0.25) is 0 Å². The van der Waals surface area contributed by atoms with E-state index in [-0.39, 0.29) is 37.5 Å². The zero-order valence-corrected chi connectivity index (χ0v) is 44.5. The van der Waals surface area contributed by atoms with Gasteiger partial charge in [0.05, 0.1) is 0 Å². The molecular weight excluding hydrogens is 853 g/mol. The van der Waals surface area contributed by atoms with Crippen LogP contribution in [0.3, 0.4) is 0 Å². The van der Waals surface area contributed by atoms with Crippen molar-refractivity contribution in [2.24, 2.45) is 0 Å². The molecule has 0 aliphatic carbocycles. The molecule has 0 aromatic rings. The molecule has 0 aliphatic heterocycles. The SMILES string of the molecule is CC/C=C\C/C=C\C/C=C\C/C=C\C/C=C\CCCCCC(=O)OC[C@H](COC(=O)CCC/C=C\C/C=C\C/C=C\C/C=C\CCCCC)OC(=O)CCCCCCC/C=C\CCCCCCCC. The second-order valence-corrected chi connectivity index (χ2v) is 18.1. The van der Waals surface area contributed by atoms with Crippen LogP contribution >= 0.6 is 0 Å².